The van der Waals surface area contributed by atoms with E-state index in [9.17, 15) is 18.0 Å². The minimum Gasteiger partial charge on any atom is -0.465 e. The van der Waals surface area contributed by atoms with Crippen LogP contribution in [0.2, 0.25) is 0 Å². The Morgan fingerprint density at radius 2 is 1.97 bits per heavy atom. The van der Waals surface area contributed by atoms with Gasteiger partial charge in [-0.2, -0.15) is 13.2 Å². The van der Waals surface area contributed by atoms with Gasteiger partial charge in [-0.1, -0.05) is 0 Å². The second-order valence-electron chi connectivity index (χ2n) is 6.48. The third kappa shape index (κ3) is 4.16. The Morgan fingerprint density at radius 3 is 2.60 bits per heavy atom. The van der Waals surface area contributed by atoms with Gasteiger partial charge in [-0.25, -0.2) is 34.4 Å². The highest BCUT2D eigenvalue weighted by molar-refractivity contribution is 6.19. The third-order valence-corrected chi connectivity index (χ3v) is 4.27. The number of nitrogens with zero attached hydrogens (tertiary/aromatic N) is 7. The van der Waals surface area contributed by atoms with E-state index < -0.39 is 18.0 Å². The normalized spacial score (nSPS) is 14.6. The quantitative estimate of drug-likeness (QED) is 0.460. The van der Waals surface area contributed by atoms with Gasteiger partial charge in [0.2, 0.25) is 5.82 Å². The lowest BCUT2D eigenvalue weighted by atomic mass is 10.1. The van der Waals surface area contributed by atoms with Crippen LogP contribution in [0.1, 0.15) is 35.8 Å². The number of rotatable bonds is 5. The van der Waals surface area contributed by atoms with Crippen LogP contribution in [0.4, 0.5) is 13.2 Å². The van der Waals surface area contributed by atoms with Crippen LogP contribution >= 0.6 is 0 Å². The summed E-state index contributed by atoms with van der Waals surface area (Å²) in [5.41, 5.74) is 0.732. The fourth-order valence-corrected chi connectivity index (χ4v) is 2.68. The number of alkyl halides is 3. The summed E-state index contributed by atoms with van der Waals surface area (Å²) in [7, 11) is 1.21. The highest BCUT2D eigenvalue weighted by Gasteiger charge is 2.37. The van der Waals surface area contributed by atoms with Crippen molar-refractivity contribution in [3.05, 3.63) is 48.2 Å². The lowest BCUT2D eigenvalue weighted by Crippen LogP contribution is -2.13. The van der Waals surface area contributed by atoms with E-state index in [0.29, 0.717) is 11.3 Å². The molecule has 3 heterocycles. The van der Waals surface area contributed by atoms with Gasteiger partial charge in [-0.3, -0.25) is 0 Å². The second kappa shape index (κ2) is 7.61. The van der Waals surface area contributed by atoms with Crippen LogP contribution in [-0.4, -0.2) is 47.8 Å². The van der Waals surface area contributed by atoms with Crippen molar-refractivity contribution in [3.8, 4) is 11.5 Å². The van der Waals surface area contributed by atoms with Gasteiger partial charge in [0, 0.05) is 35.8 Å². The highest BCUT2D eigenvalue weighted by Crippen LogP contribution is 2.41. The number of hydrogen-bond donors (Lipinski definition) is 0. The van der Waals surface area contributed by atoms with Crippen molar-refractivity contribution < 1.29 is 22.7 Å². The van der Waals surface area contributed by atoms with Crippen molar-refractivity contribution in [1.29, 1.82) is 0 Å². The Balaban J connectivity index is 1.72. The number of hydrogen-bond acceptors (Lipinski definition) is 8. The Kier molecular flexibility index (Phi) is 4.98. The first-order chi connectivity index (χ1) is 14.3. The Bertz CT molecular complexity index is 1110. The van der Waals surface area contributed by atoms with Gasteiger partial charge in [0.05, 0.1) is 12.7 Å². The molecule has 0 unspecified atom stereocenters. The molecule has 0 spiro atoms. The van der Waals surface area contributed by atoms with Crippen LogP contribution in [-0.2, 0) is 15.7 Å². The first kappa shape index (κ1) is 19.6. The van der Waals surface area contributed by atoms with E-state index >= 15 is 0 Å². The molecule has 1 aliphatic rings. The predicted octanol–water partition coefficient (Wildman–Crippen LogP) is 2.59. The third-order valence-electron chi connectivity index (χ3n) is 4.27. The molecule has 3 aromatic heterocycles. The Hall–Kier alpha value is -3.70. The maximum atomic E-state index is 13.2. The number of halogens is 3. The van der Waals surface area contributed by atoms with Crippen LogP contribution in [0, 0.1) is 0 Å². The first-order valence-corrected chi connectivity index (χ1v) is 8.78. The smallest absolute Gasteiger partial charge is 0.451 e. The van der Waals surface area contributed by atoms with Crippen molar-refractivity contribution in [2.75, 3.05) is 7.11 Å². The molecule has 1 fully saturated rings. The molecule has 3 aromatic rings. The van der Waals surface area contributed by atoms with E-state index in [1.165, 1.54) is 49.1 Å². The molecule has 12 heteroatoms. The van der Waals surface area contributed by atoms with Crippen LogP contribution in [0.25, 0.3) is 23.3 Å². The second-order valence-corrected chi connectivity index (χ2v) is 6.48. The molecular weight excluding hydrogens is 403 g/mol. The monoisotopic (exact) mass is 417 g/mol. The summed E-state index contributed by atoms with van der Waals surface area (Å²) in [5.74, 6) is -1.95. The minimum absolute atomic E-state index is 0.0150. The van der Waals surface area contributed by atoms with Gasteiger partial charge in [-0.15, -0.1) is 5.10 Å². The van der Waals surface area contributed by atoms with Crippen LogP contribution < -0.4 is 0 Å². The maximum Gasteiger partial charge on any atom is 0.451 e. The van der Waals surface area contributed by atoms with E-state index in [1.54, 1.807) is 0 Å². The molecule has 30 heavy (non-hydrogen) atoms. The molecule has 0 aromatic carbocycles. The first-order valence-electron chi connectivity index (χ1n) is 8.78. The van der Waals surface area contributed by atoms with Crippen LogP contribution in [0.5, 0.6) is 0 Å². The van der Waals surface area contributed by atoms with Gasteiger partial charge >= 0.3 is 12.1 Å². The largest absolute Gasteiger partial charge is 0.465 e. The van der Waals surface area contributed by atoms with Gasteiger partial charge in [0.15, 0.2) is 5.82 Å². The number of ether oxygens (including phenoxy) is 1. The van der Waals surface area contributed by atoms with Crippen LogP contribution in [0.3, 0.4) is 0 Å². The van der Waals surface area contributed by atoms with Crippen molar-refractivity contribution in [2.24, 2.45) is 0 Å². The predicted molar refractivity (Wildman–Crippen MR) is 96.2 cm³/mol. The summed E-state index contributed by atoms with van der Waals surface area (Å²) < 4.78 is 45.5. The topological polar surface area (TPSA) is 109 Å². The summed E-state index contributed by atoms with van der Waals surface area (Å²) in [6.07, 6.45) is 3.55. The molecule has 0 radical (unpaired) electrons. The molecule has 0 amide bonds. The molecule has 0 bridgehead atoms. The number of esters is 1. The van der Waals surface area contributed by atoms with E-state index in [0.717, 1.165) is 12.8 Å². The summed E-state index contributed by atoms with van der Waals surface area (Å²) in [6.45, 7) is 0. The van der Waals surface area contributed by atoms with Gasteiger partial charge in [0.25, 0.3) is 0 Å². The molecule has 4 rings (SSSR count). The fraction of sp³-hybridized carbons (Fsp3) is 0.278. The molecule has 154 valence electrons. The van der Waals surface area contributed by atoms with Crippen molar-refractivity contribution in [2.45, 2.75) is 24.9 Å². The van der Waals surface area contributed by atoms with Crippen molar-refractivity contribution in [1.82, 2.24) is 34.7 Å². The van der Waals surface area contributed by atoms with Crippen molar-refractivity contribution in [3.63, 3.8) is 0 Å². The molecular formula is C18H14F3N7O2. The molecule has 0 atom stereocenters. The molecule has 0 saturated heterocycles. The van der Waals surface area contributed by atoms with E-state index in [1.807, 2.05) is 0 Å². The number of carbonyl (C=O) groups excluding carboxylic acids is 1. The van der Waals surface area contributed by atoms with E-state index in [4.69, 9.17) is 4.74 Å². The molecule has 0 aliphatic heterocycles. The number of methoxy groups -OCH3 is 1. The Morgan fingerprint density at radius 1 is 1.23 bits per heavy atom. The standard InChI is InChI=1S/C18H14F3N7O2/c1-30-16(29)12(11-5-22-8-23-6-11)7-28-9-24-15(27-28)14-4-13(10-2-3-10)25-17(26-14)18(19,20)21/h4-10H,2-3H2,1H3/b12-7+. The zero-order valence-electron chi connectivity index (χ0n) is 15.5. The lowest BCUT2D eigenvalue weighted by Gasteiger charge is -2.08. The van der Waals surface area contributed by atoms with Crippen LogP contribution in [0.15, 0.2) is 31.1 Å². The fourth-order valence-electron chi connectivity index (χ4n) is 2.68. The minimum atomic E-state index is -4.69. The summed E-state index contributed by atoms with van der Waals surface area (Å²) in [4.78, 5) is 31.1. The van der Waals surface area contributed by atoms with E-state index in [-0.39, 0.29) is 23.0 Å². The van der Waals surface area contributed by atoms with Gasteiger partial charge in [-0.05, 0) is 18.9 Å². The number of carbonyl (C=O) groups is 1. The van der Waals surface area contributed by atoms with Gasteiger partial charge in [0.1, 0.15) is 18.3 Å². The zero-order valence-corrected chi connectivity index (χ0v) is 15.5. The molecule has 9 nitrogen and oxygen atoms in total. The summed E-state index contributed by atoms with van der Waals surface area (Å²) >= 11 is 0. The van der Waals surface area contributed by atoms with Crippen molar-refractivity contribution >= 4 is 17.7 Å². The number of aromatic nitrogens is 7. The Labute approximate surface area is 167 Å². The lowest BCUT2D eigenvalue weighted by molar-refractivity contribution is -0.145. The SMILES string of the molecule is COC(=O)/C(=C/n1cnc(-c2cc(C3CC3)nc(C(F)(F)F)n2)n1)c1cncnc1. The summed E-state index contributed by atoms with van der Waals surface area (Å²) in [5, 5.41) is 4.13. The average Bonchev–Trinajstić information content (AvgIpc) is 3.49. The highest BCUT2D eigenvalue weighted by atomic mass is 19.4. The van der Waals surface area contributed by atoms with E-state index in [2.05, 4.69) is 30.0 Å². The average molecular weight is 417 g/mol. The molecule has 0 N–H and O–H groups in total. The maximum absolute atomic E-state index is 13.2. The van der Waals surface area contributed by atoms with Gasteiger partial charge < -0.3 is 4.74 Å². The summed E-state index contributed by atoms with van der Waals surface area (Å²) in [6, 6.07) is 1.46. The zero-order chi connectivity index (χ0) is 21.3. The molecule has 1 saturated carbocycles. The molecule has 1 aliphatic carbocycles.